The summed E-state index contributed by atoms with van der Waals surface area (Å²) < 4.78 is 0. The second-order valence-corrected chi connectivity index (χ2v) is 6.71. The molecule has 4 heteroatoms. The molecule has 22 heavy (non-hydrogen) atoms. The molecule has 1 aliphatic carbocycles. The van der Waals surface area contributed by atoms with Crippen LogP contribution in [0.15, 0.2) is 29.4 Å². The zero-order chi connectivity index (χ0) is 15.7. The molecule has 1 amide bonds. The second kappa shape index (κ2) is 5.84. The number of aryl methyl sites for hydroxylation is 1. The van der Waals surface area contributed by atoms with E-state index in [9.17, 15) is 9.90 Å². The Bertz CT molecular complexity index is 588. The van der Waals surface area contributed by atoms with Crippen LogP contribution >= 0.6 is 0 Å². The van der Waals surface area contributed by atoms with Crippen molar-refractivity contribution >= 4 is 11.6 Å². The summed E-state index contributed by atoms with van der Waals surface area (Å²) in [7, 11) is 0. The van der Waals surface area contributed by atoms with Crippen molar-refractivity contribution in [3.63, 3.8) is 0 Å². The Morgan fingerprint density at radius 3 is 2.45 bits per heavy atom. The third kappa shape index (κ3) is 2.68. The molecule has 1 aromatic carbocycles. The highest BCUT2D eigenvalue weighted by molar-refractivity contribution is 5.97. The van der Waals surface area contributed by atoms with E-state index in [1.165, 1.54) is 11.4 Å². The minimum absolute atomic E-state index is 0.122. The highest BCUT2D eigenvalue weighted by atomic mass is 16.3. The van der Waals surface area contributed by atoms with Crippen LogP contribution in [0, 0.1) is 12.8 Å². The van der Waals surface area contributed by atoms with Crippen LogP contribution in [0.3, 0.4) is 0 Å². The third-order valence-electron chi connectivity index (χ3n) is 4.90. The van der Waals surface area contributed by atoms with Gasteiger partial charge in [0.2, 0.25) is 0 Å². The van der Waals surface area contributed by atoms with Crippen LogP contribution in [-0.4, -0.2) is 27.5 Å². The van der Waals surface area contributed by atoms with Crippen LogP contribution in [-0.2, 0) is 0 Å². The quantitative estimate of drug-likeness (QED) is 0.909. The number of rotatable bonds is 2. The first kappa shape index (κ1) is 15.2. The van der Waals surface area contributed by atoms with Crippen molar-refractivity contribution in [2.24, 2.45) is 11.0 Å². The molecule has 0 saturated heterocycles. The zero-order valence-corrected chi connectivity index (χ0v) is 13.4. The van der Waals surface area contributed by atoms with Crippen LogP contribution in [0.2, 0.25) is 0 Å². The number of carbonyl (C=O) groups excluding carboxylic acids is 1. The third-order valence-corrected chi connectivity index (χ3v) is 4.90. The lowest BCUT2D eigenvalue weighted by Gasteiger charge is -2.40. The molecular formula is C18H24N2O2. The van der Waals surface area contributed by atoms with Gasteiger partial charge in [0.25, 0.3) is 5.91 Å². The maximum Gasteiger partial charge on any atom is 0.276 e. The number of hydrazone groups is 1. The van der Waals surface area contributed by atoms with E-state index >= 15 is 0 Å². The van der Waals surface area contributed by atoms with Crippen molar-refractivity contribution in [1.29, 1.82) is 0 Å². The molecule has 4 nitrogen and oxygen atoms in total. The number of benzene rings is 1. The molecule has 0 aromatic heterocycles. The molecule has 1 heterocycles. The molecule has 2 aliphatic rings. The minimum Gasteiger partial charge on any atom is -0.368 e. The van der Waals surface area contributed by atoms with Gasteiger partial charge < -0.3 is 5.11 Å². The zero-order valence-electron chi connectivity index (χ0n) is 13.4. The fraction of sp³-hybridized carbons (Fsp3) is 0.556. The van der Waals surface area contributed by atoms with E-state index in [4.69, 9.17) is 0 Å². The summed E-state index contributed by atoms with van der Waals surface area (Å²) in [5.41, 5.74) is 1.37. The largest absolute Gasteiger partial charge is 0.368 e. The first-order chi connectivity index (χ1) is 10.5. The lowest BCUT2D eigenvalue weighted by molar-refractivity contribution is -0.122. The molecule has 118 valence electrons. The van der Waals surface area contributed by atoms with Gasteiger partial charge in [-0.3, -0.25) is 4.79 Å². The molecular weight excluding hydrogens is 276 g/mol. The number of nitrogens with zero attached hydrogens (tertiary/aromatic N) is 2. The molecule has 1 aliphatic heterocycles. The van der Waals surface area contributed by atoms with E-state index in [2.05, 4.69) is 5.10 Å². The molecule has 1 aromatic rings. The summed E-state index contributed by atoms with van der Waals surface area (Å²) in [5.74, 6) is -0.0817. The monoisotopic (exact) mass is 300 g/mol. The topological polar surface area (TPSA) is 52.9 Å². The average molecular weight is 300 g/mol. The van der Waals surface area contributed by atoms with Gasteiger partial charge in [-0.25, -0.2) is 0 Å². The molecule has 0 radical (unpaired) electrons. The molecule has 1 saturated carbocycles. The van der Waals surface area contributed by atoms with Crippen molar-refractivity contribution in [2.75, 3.05) is 0 Å². The predicted octanol–water partition coefficient (Wildman–Crippen LogP) is 3.49. The van der Waals surface area contributed by atoms with Crippen LogP contribution in [0.5, 0.6) is 0 Å². The van der Waals surface area contributed by atoms with Crippen LogP contribution in [0.25, 0.3) is 0 Å². The van der Waals surface area contributed by atoms with Gasteiger partial charge in [0.15, 0.2) is 5.72 Å². The van der Waals surface area contributed by atoms with Crippen LogP contribution in [0.4, 0.5) is 0 Å². The molecule has 0 spiro atoms. The average Bonchev–Trinajstić information content (AvgIpc) is 2.84. The van der Waals surface area contributed by atoms with Gasteiger partial charge in [0, 0.05) is 23.6 Å². The molecule has 1 N–H and O–H groups in total. The van der Waals surface area contributed by atoms with Gasteiger partial charge in [-0.2, -0.15) is 10.1 Å². The first-order valence-corrected chi connectivity index (χ1v) is 8.18. The molecule has 1 atom stereocenters. The Kier molecular flexibility index (Phi) is 4.04. The SMILES string of the molecule is CC1=NN(C(=O)c2ccc(C)cc2)[C@@](O)(C2CCCCC2)C1. The summed E-state index contributed by atoms with van der Waals surface area (Å²) in [6, 6.07) is 7.45. The van der Waals surface area contributed by atoms with Gasteiger partial charge in [0.05, 0.1) is 0 Å². The molecule has 1 fully saturated rings. The Morgan fingerprint density at radius 2 is 1.82 bits per heavy atom. The predicted molar refractivity (Wildman–Crippen MR) is 86.6 cm³/mol. The van der Waals surface area contributed by atoms with Gasteiger partial charge in [0.1, 0.15) is 0 Å². The highest BCUT2D eigenvalue weighted by Gasteiger charge is 2.49. The summed E-state index contributed by atoms with van der Waals surface area (Å²) in [5, 5.41) is 16.9. The Morgan fingerprint density at radius 1 is 1.18 bits per heavy atom. The van der Waals surface area contributed by atoms with Gasteiger partial charge in [-0.15, -0.1) is 0 Å². The summed E-state index contributed by atoms with van der Waals surface area (Å²) in [6.07, 6.45) is 5.87. The Balaban J connectivity index is 1.88. The lowest BCUT2D eigenvalue weighted by Crippen LogP contribution is -2.52. The highest BCUT2D eigenvalue weighted by Crippen LogP contribution is 2.41. The van der Waals surface area contributed by atoms with E-state index in [1.54, 1.807) is 0 Å². The van der Waals surface area contributed by atoms with Crippen molar-refractivity contribution in [3.05, 3.63) is 35.4 Å². The van der Waals surface area contributed by atoms with Crippen molar-refractivity contribution in [1.82, 2.24) is 5.01 Å². The summed E-state index contributed by atoms with van der Waals surface area (Å²) in [4.78, 5) is 12.8. The number of aliphatic hydroxyl groups is 1. The number of carbonyl (C=O) groups is 1. The van der Waals surface area contributed by atoms with Gasteiger partial charge >= 0.3 is 0 Å². The molecule has 0 unspecified atom stereocenters. The Labute approximate surface area is 131 Å². The molecule has 3 rings (SSSR count). The second-order valence-electron chi connectivity index (χ2n) is 6.71. The summed E-state index contributed by atoms with van der Waals surface area (Å²) >= 11 is 0. The normalized spacial score (nSPS) is 26.1. The smallest absolute Gasteiger partial charge is 0.276 e. The van der Waals surface area contributed by atoms with Crippen molar-refractivity contribution in [3.8, 4) is 0 Å². The van der Waals surface area contributed by atoms with E-state index in [0.717, 1.165) is 37.0 Å². The number of amides is 1. The lowest BCUT2D eigenvalue weighted by atomic mass is 9.79. The van der Waals surface area contributed by atoms with Crippen molar-refractivity contribution < 1.29 is 9.90 Å². The van der Waals surface area contributed by atoms with Crippen LogP contribution in [0.1, 0.15) is 61.4 Å². The van der Waals surface area contributed by atoms with Gasteiger partial charge in [-0.1, -0.05) is 37.0 Å². The van der Waals surface area contributed by atoms with E-state index in [0.29, 0.717) is 12.0 Å². The first-order valence-electron chi connectivity index (χ1n) is 8.18. The van der Waals surface area contributed by atoms with Crippen LogP contribution < -0.4 is 0 Å². The fourth-order valence-electron chi connectivity index (χ4n) is 3.67. The standard InChI is InChI=1S/C18H24N2O2/c1-13-8-10-15(11-9-13)17(21)20-18(22,12-14(2)19-20)16-6-4-3-5-7-16/h8-11,16,22H,3-7,12H2,1-2H3/t18-/m0/s1. The fourth-order valence-corrected chi connectivity index (χ4v) is 3.67. The minimum atomic E-state index is -1.15. The van der Waals surface area contributed by atoms with Gasteiger partial charge in [-0.05, 0) is 38.8 Å². The number of hydrogen-bond donors (Lipinski definition) is 1. The number of hydrogen-bond acceptors (Lipinski definition) is 3. The van der Waals surface area contributed by atoms with Crippen molar-refractivity contribution in [2.45, 2.75) is 58.1 Å². The van der Waals surface area contributed by atoms with E-state index in [-0.39, 0.29) is 11.8 Å². The maximum atomic E-state index is 12.8. The van der Waals surface area contributed by atoms with E-state index in [1.807, 2.05) is 38.1 Å². The van der Waals surface area contributed by atoms with E-state index < -0.39 is 5.72 Å². The maximum absolute atomic E-state index is 12.8. The molecule has 0 bridgehead atoms. The Hall–Kier alpha value is -1.68. The summed E-state index contributed by atoms with van der Waals surface area (Å²) in [6.45, 7) is 3.88.